The Labute approximate surface area is 138 Å². The van der Waals surface area contributed by atoms with Gasteiger partial charge in [-0.15, -0.1) is 0 Å². The summed E-state index contributed by atoms with van der Waals surface area (Å²) in [5.74, 6) is -0.633. The van der Waals surface area contributed by atoms with Crippen molar-refractivity contribution in [2.45, 2.75) is 19.5 Å². The number of hydrogen-bond acceptors (Lipinski definition) is 4. The maximum absolute atomic E-state index is 12.2. The molecule has 0 saturated carbocycles. The van der Waals surface area contributed by atoms with Crippen molar-refractivity contribution in [2.24, 2.45) is 0 Å². The van der Waals surface area contributed by atoms with Crippen LogP contribution in [0.1, 0.15) is 27.7 Å². The molecule has 5 nitrogen and oxygen atoms in total. The molecule has 0 aliphatic heterocycles. The van der Waals surface area contributed by atoms with Crippen molar-refractivity contribution in [3.63, 3.8) is 0 Å². The Bertz CT molecular complexity index is 678. The van der Waals surface area contributed by atoms with Crippen molar-refractivity contribution in [1.29, 1.82) is 0 Å². The van der Waals surface area contributed by atoms with Crippen LogP contribution in [0, 0.1) is 6.92 Å². The van der Waals surface area contributed by atoms with Crippen molar-refractivity contribution in [3.8, 4) is 5.75 Å². The van der Waals surface area contributed by atoms with Gasteiger partial charge in [0.1, 0.15) is 6.61 Å². The van der Waals surface area contributed by atoms with Crippen LogP contribution >= 0.6 is 0 Å². The van der Waals surface area contributed by atoms with Crippen molar-refractivity contribution in [1.82, 2.24) is 10.3 Å². The number of carbonyl (C=O) groups is 1. The molecule has 1 amide bonds. The minimum atomic E-state index is -2.65. The number of amides is 1. The molecule has 0 unspecified atom stereocenters. The summed E-state index contributed by atoms with van der Waals surface area (Å²) in [4.78, 5) is 16.0. The number of aryl methyl sites for hydroxylation is 1. The number of hydrogen-bond donors (Lipinski definition) is 2. The number of halogens is 2. The van der Waals surface area contributed by atoms with Crippen LogP contribution < -0.4 is 10.1 Å². The molecule has 0 radical (unpaired) electrons. The number of carbonyl (C=O) groups excluding carboxylic acids is 1. The highest BCUT2D eigenvalue weighted by molar-refractivity contribution is 5.94. The fourth-order valence-electron chi connectivity index (χ4n) is 2.01. The van der Waals surface area contributed by atoms with Gasteiger partial charge in [-0.3, -0.25) is 4.79 Å². The van der Waals surface area contributed by atoms with Gasteiger partial charge in [-0.25, -0.2) is 13.8 Å². The molecule has 2 aromatic rings. The van der Waals surface area contributed by atoms with Crippen molar-refractivity contribution in [2.75, 3.05) is 13.2 Å². The Morgan fingerprint density at radius 1 is 1.29 bits per heavy atom. The third kappa shape index (κ3) is 4.99. The van der Waals surface area contributed by atoms with Crippen LogP contribution in [0.4, 0.5) is 8.78 Å². The van der Waals surface area contributed by atoms with Crippen molar-refractivity contribution < 1.29 is 23.4 Å². The normalized spacial score (nSPS) is 12.0. The highest BCUT2D eigenvalue weighted by Crippen LogP contribution is 2.17. The summed E-state index contributed by atoms with van der Waals surface area (Å²) in [5, 5.41) is 12.6. The molecule has 0 aliphatic rings. The number of aliphatic hydroxyl groups is 1. The number of nitrogens with zero attached hydrogens (tertiary/aromatic N) is 1. The maximum Gasteiger partial charge on any atom is 0.273 e. The van der Waals surface area contributed by atoms with Crippen LogP contribution in [0.15, 0.2) is 42.6 Å². The molecule has 0 fully saturated rings. The Morgan fingerprint density at radius 2 is 2.00 bits per heavy atom. The lowest BCUT2D eigenvalue weighted by atomic mass is 10.1. The molecule has 1 atom stereocenters. The van der Waals surface area contributed by atoms with E-state index in [1.54, 1.807) is 12.1 Å². The highest BCUT2D eigenvalue weighted by Gasteiger charge is 2.17. The standard InChI is InChI=1S/C17H18F2N2O3/c1-11-4-6-12(7-5-11)13(22)9-21-17(23)16-14(3-2-8-20-16)24-10-15(18)19/h2-8,13,15,22H,9-10H2,1H3,(H,21,23)/t13-/m1/s1. The molecule has 128 valence electrons. The molecule has 0 aliphatic carbocycles. The van der Waals surface area contributed by atoms with Gasteiger partial charge in [0.05, 0.1) is 6.10 Å². The van der Waals surface area contributed by atoms with Gasteiger partial charge in [-0.1, -0.05) is 29.8 Å². The smallest absolute Gasteiger partial charge is 0.273 e. The molecular weight excluding hydrogens is 318 g/mol. The van der Waals surface area contributed by atoms with Gasteiger partial charge in [-0.05, 0) is 24.6 Å². The third-order valence-electron chi connectivity index (χ3n) is 3.27. The summed E-state index contributed by atoms with van der Waals surface area (Å²) >= 11 is 0. The first-order valence-corrected chi connectivity index (χ1v) is 7.36. The van der Waals surface area contributed by atoms with Crippen molar-refractivity contribution >= 4 is 5.91 Å². The monoisotopic (exact) mass is 336 g/mol. The van der Waals surface area contributed by atoms with E-state index in [0.717, 1.165) is 5.56 Å². The van der Waals surface area contributed by atoms with E-state index < -0.39 is 25.0 Å². The third-order valence-corrected chi connectivity index (χ3v) is 3.27. The van der Waals surface area contributed by atoms with Gasteiger partial charge in [0.2, 0.25) is 0 Å². The van der Waals surface area contributed by atoms with E-state index in [4.69, 9.17) is 4.74 Å². The lowest BCUT2D eigenvalue weighted by Crippen LogP contribution is -2.29. The number of ether oxygens (including phenoxy) is 1. The first-order valence-electron chi connectivity index (χ1n) is 7.36. The zero-order valence-electron chi connectivity index (χ0n) is 13.1. The van der Waals surface area contributed by atoms with Crippen LogP contribution in [-0.4, -0.2) is 35.6 Å². The molecule has 1 heterocycles. The second-order valence-electron chi connectivity index (χ2n) is 5.19. The second-order valence-corrected chi connectivity index (χ2v) is 5.19. The average Bonchev–Trinajstić information content (AvgIpc) is 2.58. The lowest BCUT2D eigenvalue weighted by molar-refractivity contribution is 0.0785. The topological polar surface area (TPSA) is 71.5 Å². The Balaban J connectivity index is 1.98. The predicted molar refractivity (Wildman–Crippen MR) is 84.2 cm³/mol. The molecule has 1 aromatic carbocycles. The van der Waals surface area contributed by atoms with Gasteiger partial charge in [0, 0.05) is 12.7 Å². The van der Waals surface area contributed by atoms with Crippen LogP contribution in [-0.2, 0) is 0 Å². The summed E-state index contributed by atoms with van der Waals surface area (Å²) in [5.41, 5.74) is 1.62. The number of benzene rings is 1. The van der Waals surface area contributed by atoms with Crippen molar-refractivity contribution in [3.05, 3.63) is 59.4 Å². The van der Waals surface area contributed by atoms with E-state index in [1.165, 1.54) is 18.3 Å². The maximum atomic E-state index is 12.2. The second kappa shape index (κ2) is 8.35. The fourth-order valence-corrected chi connectivity index (χ4v) is 2.01. The highest BCUT2D eigenvalue weighted by atomic mass is 19.3. The van der Waals surface area contributed by atoms with Gasteiger partial charge < -0.3 is 15.2 Å². The number of alkyl halides is 2. The number of aromatic nitrogens is 1. The molecule has 0 saturated heterocycles. The van der Waals surface area contributed by atoms with Gasteiger partial charge in [-0.2, -0.15) is 0 Å². The average molecular weight is 336 g/mol. The van der Waals surface area contributed by atoms with Crippen LogP contribution in [0.2, 0.25) is 0 Å². The Kier molecular flexibility index (Phi) is 6.20. The van der Waals surface area contributed by atoms with Gasteiger partial charge >= 0.3 is 0 Å². The number of rotatable bonds is 7. The molecular formula is C17H18F2N2O3. The molecule has 0 spiro atoms. The van der Waals surface area contributed by atoms with Crippen LogP contribution in [0.5, 0.6) is 5.75 Å². The molecule has 1 aromatic heterocycles. The van der Waals surface area contributed by atoms with E-state index in [-0.39, 0.29) is 18.0 Å². The SMILES string of the molecule is Cc1ccc([C@H](O)CNC(=O)c2ncccc2OCC(F)F)cc1. The summed E-state index contributed by atoms with van der Waals surface area (Å²) < 4.78 is 29.4. The largest absolute Gasteiger partial charge is 0.485 e. The lowest BCUT2D eigenvalue weighted by Gasteiger charge is -2.14. The molecule has 0 bridgehead atoms. The first-order chi connectivity index (χ1) is 11.5. The Hall–Kier alpha value is -2.54. The van der Waals surface area contributed by atoms with Crippen LogP contribution in [0.25, 0.3) is 0 Å². The fraction of sp³-hybridized carbons (Fsp3) is 0.294. The molecule has 2 N–H and O–H groups in total. The molecule has 2 rings (SSSR count). The van der Waals surface area contributed by atoms with Gasteiger partial charge in [0.25, 0.3) is 12.3 Å². The number of nitrogens with one attached hydrogen (secondary N) is 1. The summed E-state index contributed by atoms with van der Waals surface area (Å²) in [6.07, 6.45) is -2.17. The van der Waals surface area contributed by atoms with E-state index in [2.05, 4.69) is 10.3 Å². The van der Waals surface area contributed by atoms with Crippen LogP contribution in [0.3, 0.4) is 0 Å². The Morgan fingerprint density at radius 3 is 2.67 bits per heavy atom. The first kappa shape index (κ1) is 17.8. The quantitative estimate of drug-likeness (QED) is 0.815. The minimum Gasteiger partial charge on any atom is -0.485 e. The zero-order chi connectivity index (χ0) is 17.5. The number of aliphatic hydroxyl groups excluding tert-OH is 1. The van der Waals surface area contributed by atoms with E-state index >= 15 is 0 Å². The van der Waals surface area contributed by atoms with E-state index in [0.29, 0.717) is 5.56 Å². The molecule has 24 heavy (non-hydrogen) atoms. The number of pyridine rings is 1. The summed E-state index contributed by atoms with van der Waals surface area (Å²) in [6, 6.07) is 10.1. The minimum absolute atomic E-state index is 0.0277. The predicted octanol–water partition coefficient (Wildman–Crippen LogP) is 2.50. The zero-order valence-corrected chi connectivity index (χ0v) is 13.1. The van der Waals surface area contributed by atoms with Gasteiger partial charge in [0.15, 0.2) is 11.4 Å². The van der Waals surface area contributed by atoms with E-state index in [9.17, 15) is 18.7 Å². The molecule has 7 heteroatoms. The summed E-state index contributed by atoms with van der Waals surface area (Å²) in [6.45, 7) is 1.07. The van der Waals surface area contributed by atoms with E-state index in [1.807, 2.05) is 19.1 Å². The summed E-state index contributed by atoms with van der Waals surface area (Å²) in [7, 11) is 0.